The predicted octanol–water partition coefficient (Wildman–Crippen LogP) is 3.26. The summed E-state index contributed by atoms with van der Waals surface area (Å²) < 4.78 is 58.7. The molecule has 0 spiro atoms. The normalized spacial score (nSPS) is 12.2. The van der Waals surface area contributed by atoms with Gasteiger partial charge in [-0.25, -0.2) is 9.37 Å². The molecule has 0 aliphatic heterocycles. The Bertz CT molecular complexity index is 970. The third-order valence-corrected chi connectivity index (χ3v) is 4.13. The number of aliphatic carboxylic acids is 1. The fourth-order valence-electron chi connectivity index (χ4n) is 2.77. The van der Waals surface area contributed by atoms with Gasteiger partial charge < -0.3 is 20.5 Å². The molecule has 0 radical (unpaired) electrons. The van der Waals surface area contributed by atoms with E-state index in [4.69, 9.17) is 9.84 Å². The zero-order valence-corrected chi connectivity index (χ0v) is 16.2. The summed E-state index contributed by atoms with van der Waals surface area (Å²) in [5.74, 6) is -4.48. The van der Waals surface area contributed by atoms with Crippen molar-refractivity contribution in [2.45, 2.75) is 18.5 Å². The summed E-state index contributed by atoms with van der Waals surface area (Å²) in [7, 11) is 2.43. The van der Waals surface area contributed by atoms with Gasteiger partial charge in [-0.1, -0.05) is 0 Å². The molecular formula is C17H17F4N5O5. The minimum absolute atomic E-state index is 0.0513. The average molecular weight is 447 g/mol. The van der Waals surface area contributed by atoms with E-state index in [1.54, 1.807) is 0 Å². The molecule has 2 rings (SSSR count). The van der Waals surface area contributed by atoms with Crippen LogP contribution < -0.4 is 15.4 Å². The predicted molar refractivity (Wildman–Crippen MR) is 99.7 cm³/mol. The summed E-state index contributed by atoms with van der Waals surface area (Å²) in [5, 5.41) is 24.6. The zero-order valence-electron chi connectivity index (χ0n) is 16.2. The number of nitro groups is 1. The molecule has 0 aliphatic rings. The highest BCUT2D eigenvalue weighted by atomic mass is 19.4. The van der Waals surface area contributed by atoms with Crippen molar-refractivity contribution < 1.29 is 37.1 Å². The maximum Gasteiger partial charge on any atom is 0.421 e. The maximum absolute atomic E-state index is 14.7. The fourth-order valence-corrected chi connectivity index (χ4v) is 2.77. The number of aromatic nitrogens is 2. The number of carboxylic acid groups (broad SMARTS) is 1. The van der Waals surface area contributed by atoms with Crippen LogP contribution in [0.1, 0.15) is 23.5 Å². The third kappa shape index (κ3) is 5.90. The van der Waals surface area contributed by atoms with Crippen LogP contribution in [0.15, 0.2) is 18.3 Å². The molecule has 0 fully saturated rings. The molecule has 2 aromatic rings. The van der Waals surface area contributed by atoms with Crippen molar-refractivity contribution in [2.24, 2.45) is 0 Å². The second kappa shape index (κ2) is 9.40. The van der Waals surface area contributed by atoms with E-state index in [1.807, 2.05) is 0 Å². The SMILES string of the molecule is CNc1nc(Nc2cc(F)c(C(CC(=O)O)C[N+](=O)[O-])cc2OC)ncc1C(F)(F)F. The van der Waals surface area contributed by atoms with Crippen LogP contribution in [0.4, 0.5) is 35.0 Å². The average Bonchev–Trinajstić information content (AvgIpc) is 2.66. The van der Waals surface area contributed by atoms with Gasteiger partial charge in [0.05, 0.1) is 25.1 Å². The molecule has 0 amide bonds. The van der Waals surface area contributed by atoms with E-state index < -0.39 is 53.2 Å². The molecule has 0 aliphatic carbocycles. The topological polar surface area (TPSA) is 140 Å². The van der Waals surface area contributed by atoms with Crippen LogP contribution in [0.3, 0.4) is 0 Å². The molecule has 1 atom stereocenters. The number of alkyl halides is 3. The number of carbonyl (C=O) groups is 1. The van der Waals surface area contributed by atoms with Gasteiger partial charge in [0.2, 0.25) is 12.5 Å². The Hall–Kier alpha value is -3.71. The third-order valence-electron chi connectivity index (χ3n) is 4.13. The second-order valence-electron chi connectivity index (χ2n) is 6.21. The summed E-state index contributed by atoms with van der Waals surface area (Å²) in [6.07, 6.45) is -4.85. The fraction of sp³-hybridized carbons (Fsp3) is 0.353. The lowest BCUT2D eigenvalue weighted by Gasteiger charge is -2.17. The molecule has 0 bridgehead atoms. The number of carboxylic acids is 1. The summed E-state index contributed by atoms with van der Waals surface area (Å²) in [5.41, 5.74) is -1.45. The number of anilines is 3. The van der Waals surface area contributed by atoms with Crippen molar-refractivity contribution >= 4 is 23.4 Å². The molecule has 1 aromatic heterocycles. The van der Waals surface area contributed by atoms with Crippen LogP contribution in [0.25, 0.3) is 0 Å². The number of rotatable bonds is 9. The Morgan fingerprint density at radius 3 is 2.58 bits per heavy atom. The Morgan fingerprint density at radius 1 is 1.39 bits per heavy atom. The largest absolute Gasteiger partial charge is 0.495 e. The van der Waals surface area contributed by atoms with Crippen LogP contribution in [-0.2, 0) is 11.0 Å². The number of methoxy groups -OCH3 is 1. The van der Waals surface area contributed by atoms with Gasteiger partial charge >= 0.3 is 12.1 Å². The standard InChI is InChI=1S/C17H17F4N5O5/c1-22-15-10(17(19,20)21)6-23-16(25-15)24-12-5-11(18)9(4-13(12)31-2)8(3-14(27)28)7-26(29)30/h4-6,8H,3,7H2,1-2H3,(H,27,28)(H2,22,23,24,25). The molecular weight excluding hydrogens is 430 g/mol. The number of benzene rings is 1. The number of nitrogens with zero attached hydrogens (tertiary/aromatic N) is 3. The van der Waals surface area contributed by atoms with Crippen molar-refractivity contribution in [3.63, 3.8) is 0 Å². The molecule has 1 heterocycles. The molecule has 168 valence electrons. The summed E-state index contributed by atoms with van der Waals surface area (Å²) in [6.45, 7) is -0.827. The number of nitrogens with one attached hydrogen (secondary N) is 2. The molecule has 0 saturated heterocycles. The van der Waals surface area contributed by atoms with Gasteiger partial charge in [-0.2, -0.15) is 18.2 Å². The first-order valence-corrected chi connectivity index (χ1v) is 8.56. The molecule has 31 heavy (non-hydrogen) atoms. The summed E-state index contributed by atoms with van der Waals surface area (Å²) >= 11 is 0. The minimum atomic E-state index is -4.70. The first kappa shape index (κ1) is 23.6. The van der Waals surface area contributed by atoms with Crippen LogP contribution >= 0.6 is 0 Å². The van der Waals surface area contributed by atoms with Gasteiger partial charge in [0.15, 0.2) is 0 Å². The number of ether oxygens (including phenoxy) is 1. The van der Waals surface area contributed by atoms with Crippen molar-refractivity contribution in [1.82, 2.24) is 9.97 Å². The molecule has 0 saturated carbocycles. The van der Waals surface area contributed by atoms with E-state index in [-0.39, 0.29) is 22.9 Å². The zero-order chi connectivity index (χ0) is 23.3. The van der Waals surface area contributed by atoms with E-state index in [2.05, 4.69) is 20.6 Å². The lowest BCUT2D eigenvalue weighted by molar-refractivity contribution is -0.483. The number of halogens is 4. The van der Waals surface area contributed by atoms with Gasteiger partial charge in [0.1, 0.15) is 22.9 Å². The highest BCUT2D eigenvalue weighted by Gasteiger charge is 2.35. The Morgan fingerprint density at radius 2 is 2.06 bits per heavy atom. The van der Waals surface area contributed by atoms with E-state index in [9.17, 15) is 32.5 Å². The Labute approximate surface area is 172 Å². The maximum atomic E-state index is 14.7. The van der Waals surface area contributed by atoms with Crippen molar-refractivity contribution in [3.8, 4) is 5.75 Å². The van der Waals surface area contributed by atoms with Crippen LogP contribution in [0.5, 0.6) is 5.75 Å². The van der Waals surface area contributed by atoms with Crippen LogP contribution in [0.2, 0.25) is 0 Å². The number of hydrogen-bond donors (Lipinski definition) is 3. The quantitative estimate of drug-likeness (QED) is 0.300. The van der Waals surface area contributed by atoms with Crippen molar-refractivity contribution in [2.75, 3.05) is 31.3 Å². The first-order valence-electron chi connectivity index (χ1n) is 8.56. The highest BCUT2D eigenvalue weighted by Crippen LogP contribution is 2.36. The smallest absolute Gasteiger partial charge is 0.421 e. The lowest BCUT2D eigenvalue weighted by atomic mass is 9.94. The van der Waals surface area contributed by atoms with Gasteiger partial charge in [-0.15, -0.1) is 0 Å². The Kier molecular flexibility index (Phi) is 7.15. The molecule has 1 unspecified atom stereocenters. The molecule has 14 heteroatoms. The van der Waals surface area contributed by atoms with Crippen LogP contribution in [0, 0.1) is 15.9 Å². The van der Waals surface area contributed by atoms with Gasteiger partial charge in [0.25, 0.3) is 0 Å². The van der Waals surface area contributed by atoms with E-state index >= 15 is 0 Å². The van der Waals surface area contributed by atoms with E-state index in [0.29, 0.717) is 6.20 Å². The van der Waals surface area contributed by atoms with Crippen molar-refractivity contribution in [3.05, 3.63) is 45.4 Å². The summed E-state index contributed by atoms with van der Waals surface area (Å²) in [4.78, 5) is 28.3. The van der Waals surface area contributed by atoms with Gasteiger partial charge in [-0.3, -0.25) is 14.9 Å². The Balaban J connectivity index is 2.44. The van der Waals surface area contributed by atoms with Crippen molar-refractivity contribution in [1.29, 1.82) is 0 Å². The minimum Gasteiger partial charge on any atom is -0.495 e. The van der Waals surface area contributed by atoms with E-state index in [1.165, 1.54) is 14.2 Å². The number of hydrogen-bond acceptors (Lipinski definition) is 8. The summed E-state index contributed by atoms with van der Waals surface area (Å²) in [6, 6.07) is 1.95. The monoisotopic (exact) mass is 447 g/mol. The molecule has 1 aromatic carbocycles. The van der Waals surface area contributed by atoms with Crippen LogP contribution in [-0.4, -0.2) is 46.7 Å². The second-order valence-corrected chi connectivity index (χ2v) is 6.21. The van der Waals surface area contributed by atoms with Gasteiger partial charge in [0, 0.05) is 29.8 Å². The first-order chi connectivity index (χ1) is 14.5. The molecule has 10 nitrogen and oxygen atoms in total. The lowest BCUT2D eigenvalue weighted by Crippen LogP contribution is -2.18. The van der Waals surface area contributed by atoms with Gasteiger partial charge in [-0.05, 0) is 6.07 Å². The molecule has 3 N–H and O–H groups in total. The highest BCUT2D eigenvalue weighted by molar-refractivity contribution is 5.69. The van der Waals surface area contributed by atoms with E-state index in [0.717, 1.165) is 12.1 Å².